The Kier molecular flexibility index (Phi) is 14.5. The Morgan fingerprint density at radius 3 is 1.44 bits per heavy atom. The topological polar surface area (TPSA) is 89.4 Å². The molecule has 0 aliphatic carbocycles. The fourth-order valence-electron chi connectivity index (χ4n) is 3.03. The van der Waals surface area contributed by atoms with Gasteiger partial charge < -0.3 is 16.4 Å². The number of carbonyl (C=O) groups excluding carboxylic acids is 2. The van der Waals surface area contributed by atoms with Gasteiger partial charge in [-0.05, 0) is 13.0 Å². The maximum absolute atomic E-state index is 11.3. The Hall–Kier alpha value is -1.10. The van der Waals surface area contributed by atoms with Gasteiger partial charge in [0, 0.05) is 24.9 Å². The molecule has 2 unspecified atom stereocenters. The van der Waals surface area contributed by atoms with Crippen LogP contribution in [0.5, 0.6) is 0 Å². The summed E-state index contributed by atoms with van der Waals surface area (Å²) in [6, 6.07) is 0. The molecule has 0 aliphatic heterocycles. The van der Waals surface area contributed by atoms with Crippen LogP contribution in [0.25, 0.3) is 0 Å². The molecular weight excluding hydrogens is 314 g/mol. The van der Waals surface area contributed by atoms with Crippen molar-refractivity contribution in [1.29, 1.82) is 0 Å². The van der Waals surface area contributed by atoms with E-state index >= 15 is 0 Å². The zero-order valence-corrected chi connectivity index (χ0v) is 16.8. The van der Waals surface area contributed by atoms with Gasteiger partial charge in [-0.3, -0.25) is 9.59 Å². The molecule has 0 rings (SSSR count). The SMILES string of the molecule is CCCCCCCCCCCCN(CC(C)C(N)=O)CC(C)C(N)=O. The van der Waals surface area contributed by atoms with Gasteiger partial charge in [0.05, 0.1) is 0 Å². The Bertz CT molecular complexity index is 339. The van der Waals surface area contributed by atoms with Crippen LogP contribution in [0.2, 0.25) is 0 Å². The van der Waals surface area contributed by atoms with Crippen LogP contribution in [0.3, 0.4) is 0 Å². The van der Waals surface area contributed by atoms with Gasteiger partial charge in [-0.1, -0.05) is 78.6 Å². The largest absolute Gasteiger partial charge is 0.369 e. The molecule has 0 aromatic heterocycles. The third-order valence-electron chi connectivity index (χ3n) is 4.86. The average Bonchev–Trinajstić information content (AvgIpc) is 2.55. The Morgan fingerprint density at radius 2 is 1.08 bits per heavy atom. The highest BCUT2D eigenvalue weighted by molar-refractivity contribution is 5.77. The van der Waals surface area contributed by atoms with Gasteiger partial charge in [0.1, 0.15) is 0 Å². The van der Waals surface area contributed by atoms with Crippen molar-refractivity contribution >= 4 is 11.8 Å². The van der Waals surface area contributed by atoms with Gasteiger partial charge in [0.15, 0.2) is 0 Å². The third-order valence-corrected chi connectivity index (χ3v) is 4.86. The molecule has 2 atom stereocenters. The van der Waals surface area contributed by atoms with Gasteiger partial charge in [-0.25, -0.2) is 0 Å². The molecule has 0 aliphatic rings. The van der Waals surface area contributed by atoms with Crippen LogP contribution in [0.15, 0.2) is 0 Å². The van der Waals surface area contributed by atoms with E-state index in [1.54, 1.807) is 0 Å². The smallest absolute Gasteiger partial charge is 0.221 e. The molecule has 0 radical (unpaired) electrons. The maximum atomic E-state index is 11.3. The van der Waals surface area contributed by atoms with E-state index in [0.717, 1.165) is 13.0 Å². The van der Waals surface area contributed by atoms with E-state index in [2.05, 4.69) is 11.8 Å². The molecule has 5 heteroatoms. The molecule has 0 aromatic rings. The number of nitrogens with two attached hydrogens (primary N) is 2. The summed E-state index contributed by atoms with van der Waals surface area (Å²) in [4.78, 5) is 24.8. The summed E-state index contributed by atoms with van der Waals surface area (Å²) in [5.41, 5.74) is 10.7. The fourth-order valence-corrected chi connectivity index (χ4v) is 3.03. The molecule has 25 heavy (non-hydrogen) atoms. The summed E-state index contributed by atoms with van der Waals surface area (Å²) in [6.45, 7) is 8.02. The van der Waals surface area contributed by atoms with Gasteiger partial charge in [0.25, 0.3) is 0 Å². The first kappa shape index (κ1) is 23.9. The van der Waals surface area contributed by atoms with E-state index < -0.39 is 0 Å². The number of amides is 2. The van der Waals surface area contributed by atoms with Gasteiger partial charge >= 0.3 is 0 Å². The number of unbranched alkanes of at least 4 members (excludes halogenated alkanes) is 9. The molecule has 2 amide bonds. The van der Waals surface area contributed by atoms with Crippen LogP contribution in [0, 0.1) is 11.8 Å². The Labute approximate surface area is 154 Å². The second-order valence-electron chi connectivity index (χ2n) is 7.55. The van der Waals surface area contributed by atoms with Crippen molar-refractivity contribution in [2.24, 2.45) is 23.3 Å². The number of nitrogens with zero attached hydrogens (tertiary/aromatic N) is 1. The number of hydrogen-bond donors (Lipinski definition) is 2. The van der Waals surface area contributed by atoms with E-state index in [9.17, 15) is 9.59 Å². The van der Waals surface area contributed by atoms with Crippen LogP contribution in [-0.4, -0.2) is 36.3 Å². The lowest BCUT2D eigenvalue weighted by atomic mass is 10.1. The van der Waals surface area contributed by atoms with E-state index in [1.807, 2.05) is 13.8 Å². The second-order valence-corrected chi connectivity index (χ2v) is 7.55. The molecule has 0 bridgehead atoms. The Morgan fingerprint density at radius 1 is 0.720 bits per heavy atom. The first-order chi connectivity index (χ1) is 11.9. The van der Waals surface area contributed by atoms with Crippen molar-refractivity contribution in [3.05, 3.63) is 0 Å². The first-order valence-corrected chi connectivity index (χ1v) is 10.2. The van der Waals surface area contributed by atoms with Crippen LogP contribution >= 0.6 is 0 Å². The molecule has 0 aromatic carbocycles. The van der Waals surface area contributed by atoms with Gasteiger partial charge in [-0.15, -0.1) is 0 Å². The summed E-state index contributed by atoms with van der Waals surface area (Å²) in [5, 5.41) is 0. The predicted molar refractivity (Wildman–Crippen MR) is 105 cm³/mol. The van der Waals surface area contributed by atoms with Crippen LogP contribution in [0.1, 0.15) is 85.0 Å². The van der Waals surface area contributed by atoms with Crippen LogP contribution in [0.4, 0.5) is 0 Å². The normalized spacial score (nSPS) is 13.8. The van der Waals surface area contributed by atoms with E-state index in [4.69, 9.17) is 11.5 Å². The molecule has 5 nitrogen and oxygen atoms in total. The number of primary amides is 2. The highest BCUT2D eigenvalue weighted by Crippen LogP contribution is 2.12. The highest BCUT2D eigenvalue weighted by atomic mass is 16.1. The lowest BCUT2D eigenvalue weighted by Crippen LogP contribution is -2.40. The Balaban J connectivity index is 3.93. The minimum absolute atomic E-state index is 0.205. The zero-order chi connectivity index (χ0) is 19.1. The molecule has 0 saturated carbocycles. The molecule has 0 heterocycles. The summed E-state index contributed by atoms with van der Waals surface area (Å²) in [5.74, 6) is -0.994. The predicted octanol–water partition coefficient (Wildman–Crippen LogP) is 3.45. The molecule has 0 spiro atoms. The van der Waals surface area contributed by atoms with Crippen molar-refractivity contribution in [2.75, 3.05) is 19.6 Å². The van der Waals surface area contributed by atoms with Crippen LogP contribution in [-0.2, 0) is 9.59 Å². The highest BCUT2D eigenvalue weighted by Gasteiger charge is 2.18. The minimum Gasteiger partial charge on any atom is -0.369 e. The van der Waals surface area contributed by atoms with Gasteiger partial charge in [0.2, 0.25) is 11.8 Å². The van der Waals surface area contributed by atoms with Gasteiger partial charge in [-0.2, -0.15) is 0 Å². The molecule has 148 valence electrons. The number of carbonyl (C=O) groups is 2. The van der Waals surface area contributed by atoms with Crippen molar-refractivity contribution < 1.29 is 9.59 Å². The number of hydrogen-bond acceptors (Lipinski definition) is 3. The van der Waals surface area contributed by atoms with Crippen molar-refractivity contribution in [2.45, 2.75) is 85.0 Å². The summed E-state index contributed by atoms with van der Waals surface area (Å²) >= 11 is 0. The number of rotatable bonds is 17. The second kappa shape index (κ2) is 15.2. The lowest BCUT2D eigenvalue weighted by molar-refractivity contribution is -0.122. The zero-order valence-electron chi connectivity index (χ0n) is 16.8. The molecular formula is C20H41N3O2. The summed E-state index contributed by atoms with van der Waals surface area (Å²) in [7, 11) is 0. The third kappa shape index (κ3) is 13.8. The summed E-state index contributed by atoms with van der Waals surface area (Å²) in [6.07, 6.45) is 13.0. The van der Waals surface area contributed by atoms with Crippen LogP contribution < -0.4 is 11.5 Å². The van der Waals surface area contributed by atoms with Crippen molar-refractivity contribution in [3.63, 3.8) is 0 Å². The quantitative estimate of drug-likeness (QED) is 0.392. The fraction of sp³-hybridized carbons (Fsp3) is 0.900. The van der Waals surface area contributed by atoms with Crippen molar-refractivity contribution in [3.8, 4) is 0 Å². The van der Waals surface area contributed by atoms with E-state index in [-0.39, 0.29) is 23.7 Å². The first-order valence-electron chi connectivity index (χ1n) is 10.2. The molecule has 0 saturated heterocycles. The lowest BCUT2D eigenvalue weighted by Gasteiger charge is -2.26. The maximum Gasteiger partial charge on any atom is 0.221 e. The van der Waals surface area contributed by atoms with Crippen molar-refractivity contribution in [1.82, 2.24) is 4.90 Å². The molecule has 0 fully saturated rings. The average molecular weight is 356 g/mol. The monoisotopic (exact) mass is 355 g/mol. The standard InChI is InChI=1S/C20H41N3O2/c1-4-5-6-7-8-9-10-11-12-13-14-23(15-17(2)19(21)24)16-18(3)20(22)25/h17-18H,4-16H2,1-3H3,(H2,21,24)(H2,22,25). The minimum atomic E-state index is -0.292. The van der Waals surface area contributed by atoms with E-state index in [0.29, 0.717) is 13.1 Å². The van der Waals surface area contributed by atoms with E-state index in [1.165, 1.54) is 57.8 Å². The molecule has 4 N–H and O–H groups in total. The summed E-state index contributed by atoms with van der Waals surface area (Å²) < 4.78 is 0.